The lowest BCUT2D eigenvalue weighted by atomic mass is 10.1. The second-order valence-electron chi connectivity index (χ2n) is 3.00. The van der Waals surface area contributed by atoms with Gasteiger partial charge in [-0.15, -0.1) is 0 Å². The number of benzene rings is 1. The van der Waals surface area contributed by atoms with Crippen LogP contribution in [0.25, 0.3) is 0 Å². The van der Waals surface area contributed by atoms with E-state index in [1.165, 1.54) is 19.1 Å². The molecule has 0 bridgehead atoms. The van der Waals surface area contributed by atoms with Crippen molar-refractivity contribution < 1.29 is 13.6 Å². The van der Waals surface area contributed by atoms with Gasteiger partial charge in [-0.3, -0.25) is 4.79 Å². The van der Waals surface area contributed by atoms with Gasteiger partial charge in [0.15, 0.2) is 0 Å². The number of hydrogen-bond donors (Lipinski definition) is 0. The molecule has 0 spiro atoms. The van der Waals surface area contributed by atoms with Gasteiger partial charge in [0, 0.05) is 16.5 Å². The fourth-order valence-electron chi connectivity index (χ4n) is 1.17. The van der Waals surface area contributed by atoms with Crippen molar-refractivity contribution in [1.82, 2.24) is 0 Å². The lowest BCUT2D eigenvalue weighted by molar-refractivity contribution is -0.116. The molecule has 1 aromatic rings. The van der Waals surface area contributed by atoms with Crippen molar-refractivity contribution in [3.8, 4) is 0 Å². The average molecular weight is 263 g/mol. The Morgan fingerprint density at radius 2 is 2.14 bits per heavy atom. The minimum atomic E-state index is -2.52. The highest BCUT2D eigenvalue weighted by Gasteiger charge is 2.14. The molecule has 1 rings (SSSR count). The van der Waals surface area contributed by atoms with Crippen LogP contribution in [-0.4, -0.2) is 5.78 Å². The van der Waals surface area contributed by atoms with E-state index in [1.54, 1.807) is 6.07 Å². The number of carbonyl (C=O) groups excluding carboxylic acids is 1. The summed E-state index contributed by atoms with van der Waals surface area (Å²) < 4.78 is 25.2. The lowest BCUT2D eigenvalue weighted by Gasteiger charge is -2.07. The van der Waals surface area contributed by atoms with Crippen molar-refractivity contribution in [2.24, 2.45) is 0 Å². The van der Waals surface area contributed by atoms with E-state index < -0.39 is 6.43 Å². The molecule has 0 radical (unpaired) electrons. The molecular formula is C10H9BrF2O. The van der Waals surface area contributed by atoms with E-state index in [0.717, 1.165) is 0 Å². The van der Waals surface area contributed by atoms with Gasteiger partial charge in [-0.25, -0.2) is 8.78 Å². The van der Waals surface area contributed by atoms with Crippen LogP contribution in [0.5, 0.6) is 0 Å². The number of hydrogen-bond acceptors (Lipinski definition) is 1. The van der Waals surface area contributed by atoms with Gasteiger partial charge < -0.3 is 0 Å². The number of rotatable bonds is 3. The van der Waals surface area contributed by atoms with E-state index in [2.05, 4.69) is 15.9 Å². The van der Waals surface area contributed by atoms with E-state index in [9.17, 15) is 13.6 Å². The molecule has 0 amide bonds. The van der Waals surface area contributed by atoms with Crippen molar-refractivity contribution in [3.63, 3.8) is 0 Å². The Morgan fingerprint density at radius 3 is 2.64 bits per heavy atom. The van der Waals surface area contributed by atoms with Gasteiger partial charge in [0.05, 0.1) is 0 Å². The van der Waals surface area contributed by atoms with Crippen molar-refractivity contribution in [2.75, 3.05) is 0 Å². The van der Waals surface area contributed by atoms with Gasteiger partial charge in [0.25, 0.3) is 6.43 Å². The smallest absolute Gasteiger partial charge is 0.264 e. The third-order valence-corrected chi connectivity index (χ3v) is 2.75. The van der Waals surface area contributed by atoms with Gasteiger partial charge in [-0.2, -0.15) is 0 Å². The normalized spacial score (nSPS) is 10.6. The van der Waals surface area contributed by atoms with E-state index in [1.807, 2.05) is 0 Å². The fourth-order valence-corrected chi connectivity index (χ4v) is 1.75. The van der Waals surface area contributed by atoms with Crippen LogP contribution in [0.3, 0.4) is 0 Å². The highest BCUT2D eigenvalue weighted by Crippen LogP contribution is 2.30. The predicted molar refractivity (Wildman–Crippen MR) is 53.5 cm³/mol. The van der Waals surface area contributed by atoms with Gasteiger partial charge >= 0.3 is 0 Å². The first-order chi connectivity index (χ1) is 6.52. The summed E-state index contributed by atoms with van der Waals surface area (Å²) in [6.45, 7) is 1.43. The average Bonchev–Trinajstić information content (AvgIpc) is 2.07. The van der Waals surface area contributed by atoms with E-state index in [-0.39, 0.29) is 17.8 Å². The second-order valence-corrected chi connectivity index (χ2v) is 3.79. The molecule has 0 unspecified atom stereocenters. The topological polar surface area (TPSA) is 17.1 Å². The van der Waals surface area contributed by atoms with Crippen LogP contribution in [0.2, 0.25) is 0 Å². The molecule has 0 fully saturated rings. The minimum Gasteiger partial charge on any atom is -0.300 e. The molecule has 0 saturated heterocycles. The Bertz CT molecular complexity index is 350. The van der Waals surface area contributed by atoms with E-state index in [0.29, 0.717) is 10.0 Å². The molecule has 76 valence electrons. The summed E-state index contributed by atoms with van der Waals surface area (Å²) in [5.41, 5.74) is 0.541. The molecule has 4 heteroatoms. The summed E-state index contributed by atoms with van der Waals surface area (Å²) >= 11 is 3.08. The summed E-state index contributed by atoms with van der Waals surface area (Å²) in [5, 5.41) is 0. The fraction of sp³-hybridized carbons (Fsp3) is 0.300. The standard InChI is InChI=1S/C10H9BrF2O/c1-6(14)5-7-3-2-4-8(9(7)11)10(12)13/h2-4,10H,5H2,1H3. The Labute approximate surface area is 89.3 Å². The first-order valence-electron chi connectivity index (χ1n) is 4.07. The highest BCUT2D eigenvalue weighted by atomic mass is 79.9. The van der Waals surface area contributed by atoms with Crippen LogP contribution < -0.4 is 0 Å². The summed E-state index contributed by atoms with van der Waals surface area (Å²) in [6, 6.07) is 4.54. The monoisotopic (exact) mass is 262 g/mol. The van der Waals surface area contributed by atoms with Crippen LogP contribution in [0.4, 0.5) is 8.78 Å². The number of alkyl halides is 2. The van der Waals surface area contributed by atoms with Gasteiger partial charge in [0.2, 0.25) is 0 Å². The molecule has 0 heterocycles. The molecule has 0 aliphatic rings. The Morgan fingerprint density at radius 1 is 1.50 bits per heavy atom. The predicted octanol–water partition coefficient (Wildman–Crippen LogP) is 3.52. The van der Waals surface area contributed by atoms with E-state index >= 15 is 0 Å². The van der Waals surface area contributed by atoms with Gasteiger partial charge in [0.1, 0.15) is 5.78 Å². The third kappa shape index (κ3) is 2.61. The van der Waals surface area contributed by atoms with Crippen molar-refractivity contribution in [2.45, 2.75) is 19.8 Å². The summed E-state index contributed by atoms with van der Waals surface area (Å²) in [5.74, 6) is -0.0443. The van der Waals surface area contributed by atoms with Crippen LogP contribution in [0.15, 0.2) is 22.7 Å². The SMILES string of the molecule is CC(=O)Cc1cccc(C(F)F)c1Br. The number of ketones is 1. The molecule has 14 heavy (non-hydrogen) atoms. The van der Waals surface area contributed by atoms with Crippen molar-refractivity contribution in [1.29, 1.82) is 0 Å². The molecule has 0 saturated carbocycles. The quantitative estimate of drug-likeness (QED) is 0.815. The van der Waals surface area contributed by atoms with Crippen molar-refractivity contribution in [3.05, 3.63) is 33.8 Å². The molecule has 0 aromatic heterocycles. The summed E-state index contributed by atoms with van der Waals surface area (Å²) in [4.78, 5) is 10.8. The van der Waals surface area contributed by atoms with Crippen LogP contribution in [0, 0.1) is 0 Å². The van der Waals surface area contributed by atoms with Crippen LogP contribution in [0.1, 0.15) is 24.5 Å². The maximum absolute atomic E-state index is 12.4. The number of Topliss-reactive ketones (excluding diaryl/α,β-unsaturated/α-hetero) is 1. The zero-order valence-electron chi connectivity index (χ0n) is 7.56. The highest BCUT2D eigenvalue weighted by molar-refractivity contribution is 9.10. The minimum absolute atomic E-state index is 0.0443. The summed E-state index contributed by atoms with van der Waals surface area (Å²) in [7, 11) is 0. The third-order valence-electron chi connectivity index (χ3n) is 1.78. The first-order valence-corrected chi connectivity index (χ1v) is 4.86. The Kier molecular flexibility index (Phi) is 3.75. The molecule has 0 aliphatic heterocycles. The summed E-state index contributed by atoms with van der Waals surface area (Å²) in [6.07, 6.45) is -2.34. The molecule has 0 aliphatic carbocycles. The lowest BCUT2D eigenvalue weighted by Crippen LogP contribution is -1.99. The Balaban J connectivity index is 3.07. The zero-order valence-corrected chi connectivity index (χ0v) is 9.14. The number of halogens is 3. The van der Waals surface area contributed by atoms with Gasteiger partial charge in [-0.05, 0) is 12.5 Å². The largest absolute Gasteiger partial charge is 0.300 e. The van der Waals surface area contributed by atoms with E-state index in [4.69, 9.17) is 0 Å². The first kappa shape index (κ1) is 11.3. The maximum Gasteiger partial charge on any atom is 0.264 e. The number of carbonyl (C=O) groups is 1. The maximum atomic E-state index is 12.4. The second kappa shape index (κ2) is 4.64. The molecule has 1 aromatic carbocycles. The van der Waals surface area contributed by atoms with Crippen LogP contribution >= 0.6 is 15.9 Å². The molecule has 1 nitrogen and oxygen atoms in total. The van der Waals surface area contributed by atoms with Crippen molar-refractivity contribution >= 4 is 21.7 Å². The molecule has 0 atom stereocenters. The van der Waals surface area contributed by atoms with Gasteiger partial charge in [-0.1, -0.05) is 34.1 Å². The zero-order chi connectivity index (χ0) is 10.7. The van der Waals surface area contributed by atoms with Crippen LogP contribution in [-0.2, 0) is 11.2 Å². The molecular weight excluding hydrogens is 254 g/mol. The molecule has 0 N–H and O–H groups in total. The Hall–Kier alpha value is -0.770.